The molecule has 0 unspecified atom stereocenters. The predicted octanol–water partition coefficient (Wildman–Crippen LogP) is 6.45. The molecule has 156 valence electrons. The molecule has 2 rings (SSSR count). The summed E-state index contributed by atoms with van der Waals surface area (Å²) in [5.41, 5.74) is 3.96. The van der Waals surface area contributed by atoms with Crippen LogP contribution in [0.4, 0.5) is 0 Å². The third kappa shape index (κ3) is 8.64. The van der Waals surface area contributed by atoms with Gasteiger partial charge >= 0.3 is 5.97 Å². The van der Waals surface area contributed by atoms with Gasteiger partial charge in [0.05, 0.1) is 7.11 Å². The van der Waals surface area contributed by atoms with Gasteiger partial charge in [-0.05, 0) is 31.7 Å². The topological polar surface area (TPSA) is 43.4 Å². The van der Waals surface area contributed by atoms with Crippen molar-refractivity contribution in [2.24, 2.45) is 0 Å². The van der Waals surface area contributed by atoms with E-state index in [4.69, 9.17) is 0 Å². The normalized spacial score (nSPS) is 10.7. The summed E-state index contributed by atoms with van der Waals surface area (Å²) >= 11 is 0. The zero-order valence-corrected chi connectivity index (χ0v) is 17.9. The first-order valence-corrected chi connectivity index (χ1v) is 10.9. The SMILES string of the molecule is COC(=O)CCCCCCCCCCc1ccc(C(=O)c2ccc(C)cc2)cc1. The van der Waals surface area contributed by atoms with Crippen LogP contribution in [0, 0.1) is 6.92 Å². The van der Waals surface area contributed by atoms with E-state index in [-0.39, 0.29) is 11.8 Å². The number of ether oxygens (including phenoxy) is 1. The Morgan fingerprint density at radius 3 is 1.72 bits per heavy atom. The molecular weight excluding hydrogens is 360 g/mol. The number of ketones is 1. The first kappa shape index (κ1) is 22.9. The highest BCUT2D eigenvalue weighted by atomic mass is 16.5. The molecule has 0 atom stereocenters. The molecule has 0 fully saturated rings. The van der Waals surface area contributed by atoms with Crippen LogP contribution in [0.2, 0.25) is 0 Å². The first-order valence-electron chi connectivity index (χ1n) is 10.9. The van der Waals surface area contributed by atoms with Crippen molar-refractivity contribution >= 4 is 11.8 Å². The summed E-state index contributed by atoms with van der Waals surface area (Å²) in [6.07, 6.45) is 11.1. The highest BCUT2D eigenvalue weighted by Gasteiger charge is 2.08. The molecule has 0 heterocycles. The minimum atomic E-state index is -0.0995. The van der Waals surface area contributed by atoms with Crippen LogP contribution in [0.15, 0.2) is 48.5 Å². The third-order valence-corrected chi connectivity index (χ3v) is 5.35. The molecule has 0 radical (unpaired) electrons. The van der Waals surface area contributed by atoms with Gasteiger partial charge in [-0.1, -0.05) is 92.6 Å². The van der Waals surface area contributed by atoms with Crippen LogP contribution < -0.4 is 0 Å². The van der Waals surface area contributed by atoms with Crippen molar-refractivity contribution in [2.75, 3.05) is 7.11 Å². The Morgan fingerprint density at radius 1 is 0.690 bits per heavy atom. The smallest absolute Gasteiger partial charge is 0.305 e. The summed E-state index contributed by atoms with van der Waals surface area (Å²) in [6.45, 7) is 2.02. The lowest BCUT2D eigenvalue weighted by molar-refractivity contribution is -0.140. The molecular formula is C26H34O3. The van der Waals surface area contributed by atoms with E-state index in [2.05, 4.69) is 16.9 Å². The van der Waals surface area contributed by atoms with Gasteiger partial charge in [-0.15, -0.1) is 0 Å². The molecule has 2 aromatic carbocycles. The largest absolute Gasteiger partial charge is 0.469 e. The zero-order valence-electron chi connectivity index (χ0n) is 17.9. The number of carbonyl (C=O) groups excluding carboxylic acids is 2. The molecule has 0 amide bonds. The molecule has 0 aliphatic heterocycles. The first-order chi connectivity index (χ1) is 14.1. The van der Waals surface area contributed by atoms with Crippen molar-refractivity contribution < 1.29 is 14.3 Å². The molecule has 3 nitrogen and oxygen atoms in total. The average Bonchev–Trinajstić information content (AvgIpc) is 2.75. The lowest BCUT2D eigenvalue weighted by atomic mass is 9.99. The van der Waals surface area contributed by atoms with Crippen LogP contribution >= 0.6 is 0 Å². The van der Waals surface area contributed by atoms with Gasteiger partial charge in [0.25, 0.3) is 0 Å². The van der Waals surface area contributed by atoms with Gasteiger partial charge in [0.1, 0.15) is 0 Å². The molecule has 0 aliphatic rings. The minimum absolute atomic E-state index is 0.0862. The molecule has 0 bridgehead atoms. The predicted molar refractivity (Wildman–Crippen MR) is 118 cm³/mol. The number of esters is 1. The van der Waals surface area contributed by atoms with E-state index in [0.29, 0.717) is 6.42 Å². The van der Waals surface area contributed by atoms with E-state index in [0.717, 1.165) is 36.0 Å². The quantitative estimate of drug-likeness (QED) is 0.223. The number of carbonyl (C=O) groups is 2. The van der Waals surface area contributed by atoms with Gasteiger partial charge in [-0.3, -0.25) is 9.59 Å². The Labute approximate surface area is 175 Å². The summed E-state index contributed by atoms with van der Waals surface area (Å²) in [4.78, 5) is 23.5. The Kier molecular flexibility index (Phi) is 10.2. The maximum Gasteiger partial charge on any atom is 0.305 e. The number of unbranched alkanes of at least 4 members (excludes halogenated alkanes) is 7. The number of benzene rings is 2. The second-order valence-electron chi connectivity index (χ2n) is 7.80. The number of methoxy groups -OCH3 is 1. The van der Waals surface area contributed by atoms with Crippen molar-refractivity contribution in [2.45, 2.75) is 71.1 Å². The van der Waals surface area contributed by atoms with Gasteiger partial charge in [-0.2, -0.15) is 0 Å². The molecule has 3 heteroatoms. The summed E-state index contributed by atoms with van der Waals surface area (Å²) in [6, 6.07) is 15.8. The summed E-state index contributed by atoms with van der Waals surface area (Å²) in [5.74, 6) is -0.0133. The van der Waals surface area contributed by atoms with Gasteiger partial charge in [0, 0.05) is 17.5 Å². The lowest BCUT2D eigenvalue weighted by Crippen LogP contribution is -2.01. The Balaban J connectivity index is 1.58. The van der Waals surface area contributed by atoms with Gasteiger partial charge in [0.2, 0.25) is 0 Å². The third-order valence-electron chi connectivity index (χ3n) is 5.35. The van der Waals surface area contributed by atoms with Crippen LogP contribution in [0.25, 0.3) is 0 Å². The molecule has 0 saturated carbocycles. The lowest BCUT2D eigenvalue weighted by Gasteiger charge is -2.05. The fourth-order valence-corrected chi connectivity index (χ4v) is 3.46. The van der Waals surface area contributed by atoms with Gasteiger partial charge < -0.3 is 4.74 Å². The van der Waals surface area contributed by atoms with Gasteiger partial charge in [0.15, 0.2) is 5.78 Å². The molecule has 0 aromatic heterocycles. The van der Waals surface area contributed by atoms with Crippen LogP contribution in [0.3, 0.4) is 0 Å². The second-order valence-corrected chi connectivity index (χ2v) is 7.80. The van der Waals surface area contributed by atoms with Crippen LogP contribution in [0.1, 0.15) is 84.8 Å². The second kappa shape index (κ2) is 12.9. The van der Waals surface area contributed by atoms with E-state index in [9.17, 15) is 9.59 Å². The highest BCUT2D eigenvalue weighted by Crippen LogP contribution is 2.15. The van der Waals surface area contributed by atoms with Crippen molar-refractivity contribution in [1.29, 1.82) is 0 Å². The van der Waals surface area contributed by atoms with E-state index < -0.39 is 0 Å². The van der Waals surface area contributed by atoms with Crippen LogP contribution in [-0.4, -0.2) is 18.9 Å². The van der Waals surface area contributed by atoms with Crippen molar-refractivity contribution in [3.8, 4) is 0 Å². The van der Waals surface area contributed by atoms with E-state index >= 15 is 0 Å². The molecule has 0 spiro atoms. The van der Waals surface area contributed by atoms with Crippen molar-refractivity contribution in [3.05, 3.63) is 70.8 Å². The van der Waals surface area contributed by atoms with Gasteiger partial charge in [-0.25, -0.2) is 0 Å². The monoisotopic (exact) mass is 394 g/mol. The fourth-order valence-electron chi connectivity index (χ4n) is 3.46. The molecule has 0 N–H and O–H groups in total. The minimum Gasteiger partial charge on any atom is -0.469 e. The van der Waals surface area contributed by atoms with Crippen molar-refractivity contribution in [3.63, 3.8) is 0 Å². The summed E-state index contributed by atoms with van der Waals surface area (Å²) in [7, 11) is 1.45. The highest BCUT2D eigenvalue weighted by molar-refractivity contribution is 6.08. The standard InChI is InChI=1S/C26H34O3/c1-21-13-17-23(18-14-21)26(28)24-19-15-22(16-20-24)11-9-7-5-3-4-6-8-10-12-25(27)29-2/h13-20H,3-12H2,1-2H3. The van der Waals surface area contributed by atoms with Crippen LogP contribution in [0.5, 0.6) is 0 Å². The molecule has 0 aliphatic carbocycles. The van der Waals surface area contributed by atoms with Crippen molar-refractivity contribution in [1.82, 2.24) is 0 Å². The van der Waals surface area contributed by atoms with E-state index in [1.807, 2.05) is 43.3 Å². The molecule has 29 heavy (non-hydrogen) atoms. The zero-order chi connectivity index (χ0) is 20.9. The van der Waals surface area contributed by atoms with Crippen LogP contribution in [-0.2, 0) is 16.0 Å². The Morgan fingerprint density at radius 2 is 1.17 bits per heavy atom. The number of hydrogen-bond donors (Lipinski definition) is 0. The number of hydrogen-bond acceptors (Lipinski definition) is 3. The van der Waals surface area contributed by atoms with E-state index in [1.165, 1.54) is 51.2 Å². The number of rotatable bonds is 13. The average molecular weight is 395 g/mol. The molecule has 0 saturated heterocycles. The summed E-state index contributed by atoms with van der Waals surface area (Å²) < 4.78 is 4.65. The Hall–Kier alpha value is -2.42. The maximum atomic E-state index is 12.5. The fraction of sp³-hybridized carbons (Fsp3) is 0.462. The Bertz CT molecular complexity index is 745. The number of aryl methyl sites for hydroxylation is 2. The molecule has 2 aromatic rings. The van der Waals surface area contributed by atoms with E-state index in [1.54, 1.807) is 0 Å². The maximum absolute atomic E-state index is 12.5. The summed E-state index contributed by atoms with van der Waals surface area (Å²) in [5, 5.41) is 0.